The minimum atomic E-state index is -0.407. The monoisotopic (exact) mass is 437 g/mol. The van der Waals surface area contributed by atoms with E-state index in [-0.39, 0.29) is 30.7 Å². The standard InChI is InChI=1S/C21H27N5O.2ClH/c1-5-21(6-2,13-22)24-20(27)16-12-17(15-10-8-7-9-11-15)23-19-18(16)14(3)25-26(19)4;;/h7-12H,5-6,13,22H2,1-4H3,(H,24,27);2*1H. The molecule has 8 heteroatoms. The Morgan fingerprint density at radius 1 is 1.17 bits per heavy atom. The summed E-state index contributed by atoms with van der Waals surface area (Å²) < 4.78 is 1.73. The van der Waals surface area contributed by atoms with Gasteiger partial charge in [-0.3, -0.25) is 9.48 Å². The second-order valence-corrected chi connectivity index (χ2v) is 6.97. The predicted molar refractivity (Wildman–Crippen MR) is 123 cm³/mol. The lowest BCUT2D eigenvalue weighted by Crippen LogP contribution is -2.52. The molecule has 0 fully saturated rings. The fourth-order valence-electron chi connectivity index (χ4n) is 3.46. The van der Waals surface area contributed by atoms with Crippen LogP contribution in [0.2, 0.25) is 0 Å². The lowest BCUT2D eigenvalue weighted by molar-refractivity contribution is 0.0897. The van der Waals surface area contributed by atoms with Gasteiger partial charge in [0.05, 0.1) is 27.9 Å². The van der Waals surface area contributed by atoms with Gasteiger partial charge < -0.3 is 11.1 Å². The molecule has 3 aromatic rings. The molecule has 29 heavy (non-hydrogen) atoms. The molecule has 3 rings (SSSR count). The van der Waals surface area contributed by atoms with E-state index in [0.29, 0.717) is 17.8 Å². The number of hydrogen-bond donors (Lipinski definition) is 2. The molecule has 0 aliphatic rings. The summed E-state index contributed by atoms with van der Waals surface area (Å²) in [6, 6.07) is 11.7. The van der Waals surface area contributed by atoms with Crippen molar-refractivity contribution in [1.29, 1.82) is 0 Å². The number of aromatic nitrogens is 3. The molecule has 2 heterocycles. The molecule has 6 nitrogen and oxygen atoms in total. The van der Waals surface area contributed by atoms with Gasteiger partial charge in [-0.25, -0.2) is 4.98 Å². The van der Waals surface area contributed by atoms with Crippen LogP contribution < -0.4 is 11.1 Å². The van der Waals surface area contributed by atoms with E-state index >= 15 is 0 Å². The van der Waals surface area contributed by atoms with Crippen molar-refractivity contribution in [3.63, 3.8) is 0 Å². The Labute approximate surface area is 184 Å². The van der Waals surface area contributed by atoms with Crippen molar-refractivity contribution in [2.75, 3.05) is 6.54 Å². The zero-order valence-electron chi connectivity index (χ0n) is 17.2. The first-order valence-electron chi connectivity index (χ1n) is 9.37. The maximum Gasteiger partial charge on any atom is 0.252 e. The van der Waals surface area contributed by atoms with Crippen LogP contribution in [0.25, 0.3) is 22.3 Å². The van der Waals surface area contributed by atoms with Crippen LogP contribution >= 0.6 is 24.8 Å². The van der Waals surface area contributed by atoms with E-state index in [9.17, 15) is 4.79 Å². The number of carbonyl (C=O) groups is 1. The number of nitrogens with zero attached hydrogens (tertiary/aromatic N) is 3. The molecule has 0 saturated heterocycles. The van der Waals surface area contributed by atoms with Crippen molar-refractivity contribution >= 4 is 41.8 Å². The molecule has 0 saturated carbocycles. The highest BCUT2D eigenvalue weighted by Crippen LogP contribution is 2.27. The Balaban J connectivity index is 0.00000210. The number of amides is 1. The summed E-state index contributed by atoms with van der Waals surface area (Å²) in [5.41, 5.74) is 9.36. The number of rotatable bonds is 6. The molecular weight excluding hydrogens is 409 g/mol. The van der Waals surface area contributed by atoms with Crippen LogP contribution in [0.1, 0.15) is 42.7 Å². The third kappa shape index (κ3) is 4.71. The number of nitrogens with one attached hydrogen (secondary N) is 1. The highest BCUT2D eigenvalue weighted by atomic mass is 35.5. The molecule has 0 radical (unpaired) electrons. The highest BCUT2D eigenvalue weighted by molar-refractivity contribution is 6.07. The van der Waals surface area contributed by atoms with Crippen LogP contribution in [-0.4, -0.2) is 32.8 Å². The summed E-state index contributed by atoms with van der Waals surface area (Å²) in [6.07, 6.45) is 1.55. The van der Waals surface area contributed by atoms with E-state index in [1.807, 2.05) is 64.2 Å². The number of pyridine rings is 1. The zero-order valence-corrected chi connectivity index (χ0v) is 18.9. The van der Waals surface area contributed by atoms with Gasteiger partial charge in [-0.15, -0.1) is 24.8 Å². The zero-order chi connectivity index (χ0) is 19.6. The van der Waals surface area contributed by atoms with Gasteiger partial charge in [-0.05, 0) is 25.8 Å². The van der Waals surface area contributed by atoms with E-state index in [0.717, 1.165) is 35.2 Å². The summed E-state index contributed by atoms with van der Waals surface area (Å²) in [5, 5.41) is 8.43. The van der Waals surface area contributed by atoms with E-state index in [1.165, 1.54) is 0 Å². The van der Waals surface area contributed by atoms with Crippen LogP contribution in [-0.2, 0) is 7.05 Å². The van der Waals surface area contributed by atoms with Crippen molar-refractivity contribution in [3.05, 3.63) is 47.7 Å². The van der Waals surface area contributed by atoms with E-state index in [4.69, 9.17) is 10.7 Å². The Hall–Kier alpha value is -2.15. The number of benzene rings is 1. The minimum Gasteiger partial charge on any atom is -0.345 e. The maximum atomic E-state index is 13.3. The number of carbonyl (C=O) groups excluding carboxylic acids is 1. The first-order valence-corrected chi connectivity index (χ1v) is 9.37. The van der Waals surface area contributed by atoms with Crippen LogP contribution in [0.3, 0.4) is 0 Å². The van der Waals surface area contributed by atoms with Crippen LogP contribution in [0, 0.1) is 6.92 Å². The SMILES string of the molecule is CCC(CC)(CN)NC(=O)c1cc(-c2ccccc2)nc2c1c(C)nn2C.Cl.Cl. The molecular formula is C21H29Cl2N5O. The maximum absolute atomic E-state index is 13.3. The topological polar surface area (TPSA) is 85.8 Å². The van der Waals surface area contributed by atoms with Gasteiger partial charge in [-0.1, -0.05) is 44.2 Å². The van der Waals surface area contributed by atoms with Gasteiger partial charge >= 0.3 is 0 Å². The predicted octanol–water partition coefficient (Wildman–Crippen LogP) is 4.03. The molecule has 0 aliphatic carbocycles. The first-order chi connectivity index (χ1) is 12.9. The summed E-state index contributed by atoms with van der Waals surface area (Å²) in [6.45, 7) is 6.39. The molecule has 3 N–H and O–H groups in total. The fraction of sp³-hybridized carbons (Fsp3) is 0.381. The van der Waals surface area contributed by atoms with Crippen molar-refractivity contribution < 1.29 is 4.79 Å². The number of aryl methyl sites for hydroxylation is 2. The van der Waals surface area contributed by atoms with Gasteiger partial charge in [-0.2, -0.15) is 5.10 Å². The summed E-state index contributed by atoms with van der Waals surface area (Å²) in [5.74, 6) is -0.134. The lowest BCUT2D eigenvalue weighted by atomic mass is 9.92. The second-order valence-electron chi connectivity index (χ2n) is 6.97. The van der Waals surface area contributed by atoms with Gasteiger partial charge in [0.1, 0.15) is 0 Å². The third-order valence-electron chi connectivity index (χ3n) is 5.41. The first kappa shape index (κ1) is 24.9. The number of halogens is 2. The van der Waals surface area contributed by atoms with Gasteiger partial charge in [0.2, 0.25) is 0 Å². The average molecular weight is 438 g/mol. The molecule has 0 unspecified atom stereocenters. The van der Waals surface area contributed by atoms with Crippen LogP contribution in [0.15, 0.2) is 36.4 Å². The number of hydrogen-bond acceptors (Lipinski definition) is 4. The number of nitrogens with two attached hydrogens (primary N) is 1. The smallest absolute Gasteiger partial charge is 0.252 e. The van der Waals surface area contributed by atoms with Gasteiger partial charge in [0.15, 0.2) is 5.65 Å². The Morgan fingerprint density at radius 3 is 2.34 bits per heavy atom. The van der Waals surface area contributed by atoms with Gasteiger partial charge in [0, 0.05) is 19.2 Å². The fourth-order valence-corrected chi connectivity index (χ4v) is 3.46. The van der Waals surface area contributed by atoms with Crippen LogP contribution in [0.5, 0.6) is 0 Å². The molecule has 0 bridgehead atoms. The molecule has 0 atom stereocenters. The van der Waals surface area contributed by atoms with E-state index in [2.05, 4.69) is 10.4 Å². The summed E-state index contributed by atoms with van der Waals surface area (Å²) in [4.78, 5) is 18.0. The van der Waals surface area contributed by atoms with Crippen molar-refractivity contribution in [3.8, 4) is 11.3 Å². The second kappa shape index (κ2) is 10.1. The summed E-state index contributed by atoms with van der Waals surface area (Å²) in [7, 11) is 1.85. The third-order valence-corrected chi connectivity index (χ3v) is 5.41. The molecule has 1 amide bonds. The Morgan fingerprint density at radius 2 is 1.79 bits per heavy atom. The average Bonchev–Trinajstić information content (AvgIpc) is 3.00. The molecule has 0 aliphatic heterocycles. The molecule has 158 valence electrons. The largest absolute Gasteiger partial charge is 0.345 e. The lowest BCUT2D eigenvalue weighted by Gasteiger charge is -2.31. The highest BCUT2D eigenvalue weighted by Gasteiger charge is 2.28. The van der Waals surface area contributed by atoms with Crippen LogP contribution in [0.4, 0.5) is 0 Å². The Kier molecular flexibility index (Phi) is 8.63. The van der Waals surface area contributed by atoms with Crippen molar-refractivity contribution in [1.82, 2.24) is 20.1 Å². The normalized spacial score (nSPS) is 10.9. The molecule has 2 aromatic heterocycles. The summed E-state index contributed by atoms with van der Waals surface area (Å²) >= 11 is 0. The quantitative estimate of drug-likeness (QED) is 0.609. The van der Waals surface area contributed by atoms with E-state index in [1.54, 1.807) is 4.68 Å². The molecule has 1 aromatic carbocycles. The van der Waals surface area contributed by atoms with Gasteiger partial charge in [0.25, 0.3) is 5.91 Å². The van der Waals surface area contributed by atoms with Crippen molar-refractivity contribution in [2.24, 2.45) is 12.8 Å². The van der Waals surface area contributed by atoms with E-state index < -0.39 is 5.54 Å². The molecule has 0 spiro atoms. The van der Waals surface area contributed by atoms with Crippen molar-refractivity contribution in [2.45, 2.75) is 39.2 Å². The minimum absolute atomic E-state index is 0. The Bertz CT molecular complexity index is 960. The number of fused-ring (bicyclic) bond motifs is 1.